The molecule has 0 aliphatic heterocycles. The van der Waals surface area contributed by atoms with Crippen LogP contribution in [0.1, 0.15) is 33.6 Å². The van der Waals surface area contributed by atoms with Crippen LogP contribution in [0.3, 0.4) is 0 Å². The third-order valence-corrected chi connectivity index (χ3v) is 2.14. The number of hydrogen-bond donors (Lipinski definition) is 1. The summed E-state index contributed by atoms with van der Waals surface area (Å²) >= 11 is 0. The van der Waals surface area contributed by atoms with E-state index in [1.807, 2.05) is 0 Å². The van der Waals surface area contributed by atoms with Gasteiger partial charge in [0.05, 0.1) is 32.7 Å². The molecule has 0 aromatic rings. The predicted molar refractivity (Wildman–Crippen MR) is 65.5 cm³/mol. The Balaban J connectivity index is -0.000000540. The number of esters is 3. The first-order chi connectivity index (χ1) is 8.89. The summed E-state index contributed by atoms with van der Waals surface area (Å²) in [5.74, 6) is -2.62. The molecule has 0 saturated carbocycles. The average Bonchev–Trinajstić information content (AvgIpc) is 2.29. The van der Waals surface area contributed by atoms with E-state index in [0.29, 0.717) is 0 Å². The Morgan fingerprint density at radius 1 is 0.818 bits per heavy atom. The Morgan fingerprint density at radius 3 is 1.41 bits per heavy atom. The molecule has 0 amide bonds. The molecule has 0 aliphatic rings. The van der Waals surface area contributed by atoms with Gasteiger partial charge in [-0.2, -0.15) is 0 Å². The molecule has 0 heterocycles. The average molecular weight is 356 g/mol. The smallest absolute Gasteiger partial charge is 2.00 e. The van der Waals surface area contributed by atoms with E-state index in [1.54, 1.807) is 20.8 Å². The Labute approximate surface area is 143 Å². The second kappa shape index (κ2) is 14.9. The molecule has 0 bridgehead atoms. The fourth-order valence-corrected chi connectivity index (χ4v) is 1.37. The van der Waals surface area contributed by atoms with Gasteiger partial charge in [-0.15, -0.1) is 0 Å². The summed E-state index contributed by atoms with van der Waals surface area (Å²) in [6, 6.07) is 0. The zero-order chi connectivity index (χ0) is 14.9. The van der Waals surface area contributed by atoms with Crippen LogP contribution in [-0.2, 0) is 61.3 Å². The monoisotopic (exact) mass is 356 g/mol. The molecule has 1 N–H and O–H groups in total. The van der Waals surface area contributed by atoms with Crippen LogP contribution in [0.25, 0.3) is 0 Å². The first-order valence-electron chi connectivity index (χ1n) is 6.10. The third kappa shape index (κ3) is 10.7. The van der Waals surface area contributed by atoms with E-state index in [4.69, 9.17) is 0 Å². The van der Waals surface area contributed by atoms with Crippen LogP contribution in [0.5, 0.6) is 0 Å². The van der Waals surface area contributed by atoms with Gasteiger partial charge in [0.15, 0.2) is 5.60 Å². The van der Waals surface area contributed by atoms with Crippen molar-refractivity contribution in [3.8, 4) is 0 Å². The van der Waals surface area contributed by atoms with Gasteiger partial charge in [-0.25, -0.2) is 4.79 Å². The van der Waals surface area contributed by atoms with Crippen LogP contribution in [0.15, 0.2) is 0 Å². The zero-order valence-electron chi connectivity index (χ0n) is 12.7. The van der Waals surface area contributed by atoms with E-state index in [0.717, 1.165) is 0 Å². The van der Waals surface area contributed by atoms with Crippen LogP contribution in [0.2, 0.25) is 0 Å². The maximum Gasteiger partial charge on any atom is 4.00 e. The number of carbonyl (C=O) groups excluding carboxylic acids is 3. The molecule has 0 aromatic heterocycles. The molecule has 0 rings (SSSR count). The fourth-order valence-electron chi connectivity index (χ4n) is 1.37. The molecular weight excluding hydrogens is 336 g/mol. The van der Waals surface area contributed by atoms with Gasteiger partial charge in [-0.05, 0) is 20.8 Å². The summed E-state index contributed by atoms with van der Waals surface area (Å²) in [6.45, 7) is 4.97. The quantitative estimate of drug-likeness (QED) is 0.363. The topological polar surface area (TPSA) is 156 Å². The van der Waals surface area contributed by atoms with E-state index in [9.17, 15) is 19.5 Å². The predicted octanol–water partition coefficient (Wildman–Crippen LogP) is -0.0531. The second-order valence-electron chi connectivity index (χ2n) is 3.72. The van der Waals surface area contributed by atoms with Crippen molar-refractivity contribution < 1.29 is 66.4 Å². The van der Waals surface area contributed by atoms with Crippen molar-refractivity contribution in [3.63, 3.8) is 0 Å². The summed E-state index contributed by atoms with van der Waals surface area (Å²) in [6.07, 6.45) is -1.31. The number of carbonyl (C=O) groups is 3. The molecule has 9 nitrogen and oxygen atoms in total. The molecule has 10 heteroatoms. The van der Waals surface area contributed by atoms with Crippen molar-refractivity contribution in [1.82, 2.24) is 0 Å². The number of rotatable bonds is 8. The molecule has 0 unspecified atom stereocenters. The van der Waals surface area contributed by atoms with Gasteiger partial charge in [0.1, 0.15) is 0 Å². The maximum atomic E-state index is 11.7. The SMILES string of the molecule is CCOC(=O)CC(O)(CC(=O)OCC)C(=O)OCC.[O-2].[O-2].[Ti+4]. The zero-order valence-corrected chi connectivity index (χ0v) is 14.3. The van der Waals surface area contributed by atoms with Crippen LogP contribution in [0.4, 0.5) is 0 Å². The van der Waals surface area contributed by atoms with E-state index in [-0.39, 0.29) is 52.5 Å². The summed E-state index contributed by atoms with van der Waals surface area (Å²) in [4.78, 5) is 34.4. The first kappa shape index (κ1) is 29.1. The fraction of sp³-hybridized carbons (Fsp3) is 0.750. The molecule has 0 atom stereocenters. The minimum absolute atomic E-state index is 0. The molecule has 0 spiro atoms. The summed E-state index contributed by atoms with van der Waals surface area (Å²) in [7, 11) is 0. The molecule has 126 valence electrons. The van der Waals surface area contributed by atoms with Crippen LogP contribution in [0, 0.1) is 0 Å². The minimum atomic E-state index is -2.26. The van der Waals surface area contributed by atoms with Gasteiger partial charge < -0.3 is 30.3 Å². The van der Waals surface area contributed by atoms with E-state index in [1.165, 1.54) is 0 Å². The standard InChI is InChI=1S/C12H20O7.2O.Ti/c1-4-17-9(13)7-12(16,11(15)19-6-3)8-10(14)18-5-2;;;/h16H,4-8H2,1-3H3;;;/q;2*-2;+4. The number of aliphatic hydroxyl groups is 1. The van der Waals surface area contributed by atoms with Crippen LogP contribution in [-0.4, -0.2) is 48.4 Å². The van der Waals surface area contributed by atoms with E-state index >= 15 is 0 Å². The Kier molecular flexibility index (Phi) is 19.7. The van der Waals surface area contributed by atoms with Gasteiger partial charge in [0.25, 0.3) is 0 Å². The summed E-state index contributed by atoms with van der Waals surface area (Å²) in [5.41, 5.74) is -2.26. The van der Waals surface area contributed by atoms with Crippen molar-refractivity contribution in [2.24, 2.45) is 0 Å². The largest absolute Gasteiger partial charge is 4.00 e. The molecule has 22 heavy (non-hydrogen) atoms. The van der Waals surface area contributed by atoms with E-state index in [2.05, 4.69) is 14.2 Å². The van der Waals surface area contributed by atoms with Gasteiger partial charge in [0, 0.05) is 0 Å². The van der Waals surface area contributed by atoms with Gasteiger partial charge >= 0.3 is 39.6 Å². The van der Waals surface area contributed by atoms with Crippen molar-refractivity contribution in [3.05, 3.63) is 0 Å². The summed E-state index contributed by atoms with van der Waals surface area (Å²) < 4.78 is 14.0. The first-order valence-corrected chi connectivity index (χ1v) is 6.10. The van der Waals surface area contributed by atoms with Crippen molar-refractivity contribution >= 4 is 17.9 Å². The van der Waals surface area contributed by atoms with Crippen LogP contribution < -0.4 is 0 Å². The summed E-state index contributed by atoms with van der Waals surface area (Å²) in [5, 5.41) is 10.1. The van der Waals surface area contributed by atoms with Crippen molar-refractivity contribution in [2.75, 3.05) is 19.8 Å². The second-order valence-corrected chi connectivity index (χ2v) is 3.72. The van der Waals surface area contributed by atoms with E-state index < -0.39 is 36.4 Å². The Bertz CT molecular complexity index is 313. The number of hydrogen-bond acceptors (Lipinski definition) is 7. The molecular formula is C12H20O9Ti. The van der Waals surface area contributed by atoms with Gasteiger partial charge in [0.2, 0.25) is 0 Å². The minimum Gasteiger partial charge on any atom is -2.00 e. The van der Waals surface area contributed by atoms with Crippen molar-refractivity contribution in [2.45, 2.75) is 39.2 Å². The maximum absolute atomic E-state index is 11.7. The molecule has 0 fully saturated rings. The van der Waals surface area contributed by atoms with Crippen LogP contribution >= 0.6 is 0 Å². The third-order valence-electron chi connectivity index (χ3n) is 2.14. The van der Waals surface area contributed by atoms with Gasteiger partial charge in [-0.3, -0.25) is 9.59 Å². The molecule has 0 radical (unpaired) electrons. The molecule has 0 aliphatic carbocycles. The number of ether oxygens (including phenoxy) is 3. The molecule has 0 saturated heterocycles. The molecule has 0 aromatic carbocycles. The van der Waals surface area contributed by atoms with Gasteiger partial charge in [-0.1, -0.05) is 0 Å². The Hall–Kier alpha value is -0.996. The Morgan fingerprint density at radius 2 is 1.14 bits per heavy atom. The van der Waals surface area contributed by atoms with Crippen molar-refractivity contribution in [1.29, 1.82) is 0 Å². The normalized spacial score (nSPS) is 9.27.